The first-order valence-corrected chi connectivity index (χ1v) is 9.08. The van der Waals surface area contributed by atoms with Gasteiger partial charge in [-0.2, -0.15) is 0 Å². The van der Waals surface area contributed by atoms with Crippen LogP contribution in [0.15, 0.2) is 0 Å². The molecular formula is C18H37O3. The monoisotopic (exact) mass is 301 g/mol. The Labute approximate surface area is 132 Å². The van der Waals surface area contributed by atoms with E-state index in [-0.39, 0.29) is 12.7 Å². The lowest BCUT2D eigenvalue weighted by molar-refractivity contribution is -0.0271. The van der Waals surface area contributed by atoms with Gasteiger partial charge in [0.05, 0.1) is 19.3 Å². The molecule has 0 saturated heterocycles. The summed E-state index contributed by atoms with van der Waals surface area (Å²) in [6.45, 7) is 5.78. The molecule has 0 aromatic carbocycles. The van der Waals surface area contributed by atoms with Gasteiger partial charge in [-0.05, 0) is 13.3 Å². The highest BCUT2D eigenvalue weighted by Gasteiger charge is 2.01. The van der Waals surface area contributed by atoms with E-state index in [1.807, 2.05) is 6.92 Å². The van der Waals surface area contributed by atoms with Crippen LogP contribution in [0.5, 0.6) is 0 Å². The summed E-state index contributed by atoms with van der Waals surface area (Å²) in [7, 11) is 0. The Morgan fingerprint density at radius 1 is 0.762 bits per heavy atom. The molecule has 0 aliphatic rings. The van der Waals surface area contributed by atoms with Crippen molar-refractivity contribution in [1.29, 1.82) is 0 Å². The van der Waals surface area contributed by atoms with E-state index in [2.05, 4.69) is 6.92 Å². The maximum atomic E-state index is 10.3. The third-order valence-electron chi connectivity index (χ3n) is 3.73. The van der Waals surface area contributed by atoms with Crippen LogP contribution < -0.4 is 0 Å². The molecule has 3 heteroatoms. The maximum absolute atomic E-state index is 10.3. The van der Waals surface area contributed by atoms with Crippen molar-refractivity contribution < 1.29 is 14.6 Å². The summed E-state index contributed by atoms with van der Waals surface area (Å²) in [4.78, 5) is 0. The van der Waals surface area contributed by atoms with Crippen molar-refractivity contribution in [3.05, 3.63) is 0 Å². The first-order valence-electron chi connectivity index (χ1n) is 9.08. The summed E-state index contributed by atoms with van der Waals surface area (Å²) >= 11 is 0. The molecule has 127 valence electrons. The Morgan fingerprint density at radius 3 is 1.81 bits per heavy atom. The van der Waals surface area contributed by atoms with Crippen molar-refractivity contribution in [3.8, 4) is 0 Å². The summed E-state index contributed by atoms with van der Waals surface area (Å²) in [5.41, 5.74) is 0. The van der Waals surface area contributed by atoms with E-state index in [1.165, 1.54) is 64.2 Å². The number of hydrogen-bond donors (Lipinski definition) is 0. The molecule has 0 fully saturated rings. The van der Waals surface area contributed by atoms with Crippen molar-refractivity contribution in [1.82, 2.24) is 0 Å². The van der Waals surface area contributed by atoms with Crippen LogP contribution >= 0.6 is 0 Å². The summed E-state index contributed by atoms with van der Waals surface area (Å²) in [5, 5.41) is 10.3. The third kappa shape index (κ3) is 17.8. The van der Waals surface area contributed by atoms with E-state index in [9.17, 15) is 5.11 Å². The van der Waals surface area contributed by atoms with Crippen LogP contribution in [0.2, 0.25) is 0 Å². The van der Waals surface area contributed by atoms with Gasteiger partial charge in [0.25, 0.3) is 0 Å². The van der Waals surface area contributed by atoms with Crippen LogP contribution in [0.1, 0.15) is 84.5 Å². The Morgan fingerprint density at radius 2 is 1.29 bits per heavy atom. The quantitative estimate of drug-likeness (QED) is 0.348. The maximum Gasteiger partial charge on any atom is 0.106 e. The molecule has 1 atom stereocenters. The minimum absolute atomic E-state index is 0.0478. The molecule has 0 rings (SSSR count). The fraction of sp³-hybridized carbons (Fsp3) is 1.00. The van der Waals surface area contributed by atoms with Gasteiger partial charge in [0.2, 0.25) is 0 Å². The SMILES string of the molecule is CCCCCCCCCCCCCOCC(C)OCC[O]. The lowest BCUT2D eigenvalue weighted by atomic mass is 10.1. The zero-order valence-electron chi connectivity index (χ0n) is 14.4. The lowest BCUT2D eigenvalue weighted by Crippen LogP contribution is -2.18. The first-order chi connectivity index (χ1) is 10.3. The topological polar surface area (TPSA) is 38.4 Å². The summed E-state index contributed by atoms with van der Waals surface area (Å²) in [6, 6.07) is 0. The lowest BCUT2D eigenvalue weighted by Gasteiger charge is -2.12. The standard InChI is InChI=1S/C18H37O3/c1-3-4-5-6-7-8-9-10-11-12-13-15-20-17-18(2)21-16-14-19/h18H,3-17H2,1-2H3. The van der Waals surface area contributed by atoms with Gasteiger partial charge in [-0.1, -0.05) is 71.1 Å². The number of rotatable bonds is 17. The molecular weight excluding hydrogens is 264 g/mol. The van der Waals surface area contributed by atoms with Crippen molar-refractivity contribution in [2.75, 3.05) is 26.4 Å². The van der Waals surface area contributed by atoms with Gasteiger partial charge in [0.1, 0.15) is 6.61 Å². The van der Waals surface area contributed by atoms with E-state index in [0.29, 0.717) is 13.2 Å². The molecule has 0 N–H and O–H groups in total. The molecule has 0 bridgehead atoms. The molecule has 3 nitrogen and oxygen atoms in total. The van der Waals surface area contributed by atoms with Crippen LogP contribution in [-0.4, -0.2) is 32.5 Å². The highest BCUT2D eigenvalue weighted by Crippen LogP contribution is 2.11. The molecule has 0 saturated carbocycles. The number of hydrogen-bond acceptors (Lipinski definition) is 2. The molecule has 0 spiro atoms. The van der Waals surface area contributed by atoms with Crippen molar-refractivity contribution in [2.24, 2.45) is 0 Å². The van der Waals surface area contributed by atoms with Gasteiger partial charge in [0, 0.05) is 6.61 Å². The second-order valence-electron chi connectivity index (χ2n) is 6.00. The first kappa shape index (κ1) is 20.9. The van der Waals surface area contributed by atoms with Crippen molar-refractivity contribution >= 4 is 0 Å². The highest BCUT2D eigenvalue weighted by atomic mass is 16.5. The fourth-order valence-corrected chi connectivity index (χ4v) is 2.42. The smallest absolute Gasteiger partial charge is 0.106 e. The molecule has 0 heterocycles. The molecule has 0 aliphatic carbocycles. The molecule has 0 aromatic heterocycles. The number of unbranched alkanes of at least 4 members (excludes halogenated alkanes) is 10. The van der Waals surface area contributed by atoms with Crippen LogP contribution in [0.3, 0.4) is 0 Å². The Bertz CT molecular complexity index is 185. The summed E-state index contributed by atoms with van der Waals surface area (Å²) < 4.78 is 10.8. The second-order valence-corrected chi connectivity index (χ2v) is 6.00. The third-order valence-corrected chi connectivity index (χ3v) is 3.73. The predicted molar refractivity (Wildman–Crippen MR) is 88.2 cm³/mol. The Balaban J connectivity index is 3.02. The van der Waals surface area contributed by atoms with Gasteiger partial charge < -0.3 is 9.47 Å². The highest BCUT2D eigenvalue weighted by molar-refractivity contribution is 4.49. The van der Waals surface area contributed by atoms with Crippen molar-refractivity contribution in [2.45, 2.75) is 90.6 Å². The van der Waals surface area contributed by atoms with Crippen molar-refractivity contribution in [3.63, 3.8) is 0 Å². The fourth-order valence-electron chi connectivity index (χ4n) is 2.42. The molecule has 21 heavy (non-hydrogen) atoms. The van der Waals surface area contributed by atoms with E-state index < -0.39 is 0 Å². The molecule has 0 aliphatic heterocycles. The van der Waals surface area contributed by atoms with Crippen LogP contribution in [0.25, 0.3) is 0 Å². The van der Waals surface area contributed by atoms with E-state index in [1.54, 1.807) is 0 Å². The van der Waals surface area contributed by atoms with Gasteiger partial charge in [-0.25, -0.2) is 5.11 Å². The van der Waals surface area contributed by atoms with E-state index in [4.69, 9.17) is 9.47 Å². The van der Waals surface area contributed by atoms with Gasteiger partial charge in [-0.3, -0.25) is 0 Å². The van der Waals surface area contributed by atoms with Gasteiger partial charge in [-0.15, -0.1) is 0 Å². The molecule has 1 unspecified atom stereocenters. The zero-order chi connectivity index (χ0) is 15.6. The second kappa shape index (κ2) is 17.9. The van der Waals surface area contributed by atoms with E-state index >= 15 is 0 Å². The largest absolute Gasteiger partial charge is 0.379 e. The van der Waals surface area contributed by atoms with Crippen LogP contribution in [0, 0.1) is 0 Å². The summed E-state index contributed by atoms with van der Waals surface area (Å²) in [6.07, 6.45) is 15.0. The molecule has 0 amide bonds. The van der Waals surface area contributed by atoms with Gasteiger partial charge in [0.15, 0.2) is 0 Å². The zero-order valence-corrected chi connectivity index (χ0v) is 14.4. The van der Waals surface area contributed by atoms with Crippen LogP contribution in [0.4, 0.5) is 0 Å². The number of ether oxygens (including phenoxy) is 2. The summed E-state index contributed by atoms with van der Waals surface area (Å²) in [5.74, 6) is 0. The van der Waals surface area contributed by atoms with Crippen LogP contribution in [-0.2, 0) is 14.6 Å². The Kier molecular flexibility index (Phi) is 17.8. The minimum Gasteiger partial charge on any atom is -0.379 e. The molecule has 1 radical (unpaired) electrons. The van der Waals surface area contributed by atoms with Gasteiger partial charge >= 0.3 is 0 Å². The average molecular weight is 301 g/mol. The minimum atomic E-state index is -0.164. The van der Waals surface area contributed by atoms with E-state index in [0.717, 1.165) is 13.0 Å². The predicted octanol–water partition coefficient (Wildman–Crippen LogP) is 5.15. The molecule has 0 aromatic rings. The average Bonchev–Trinajstić information content (AvgIpc) is 2.49. The Hall–Kier alpha value is -0.120. The normalized spacial score (nSPS) is 12.7.